The van der Waals surface area contributed by atoms with Gasteiger partial charge in [-0.25, -0.2) is 13.4 Å². The Kier molecular flexibility index (Phi) is 3.30. The lowest BCUT2D eigenvalue weighted by molar-refractivity contribution is 0.601. The Morgan fingerprint density at radius 3 is 2.67 bits per heavy atom. The van der Waals surface area contributed by atoms with Crippen molar-refractivity contribution in [1.82, 2.24) is 4.98 Å². The SMILES string of the molecule is Cc1cc(S(=O)(=O)Nc2nc3ccccc3s2)ccc1N. The van der Waals surface area contributed by atoms with E-state index in [0.717, 1.165) is 15.8 Å². The van der Waals surface area contributed by atoms with Gasteiger partial charge >= 0.3 is 0 Å². The Hall–Kier alpha value is -2.12. The largest absolute Gasteiger partial charge is 0.399 e. The van der Waals surface area contributed by atoms with Crippen molar-refractivity contribution >= 4 is 42.4 Å². The van der Waals surface area contributed by atoms with Crippen LogP contribution in [0.1, 0.15) is 5.56 Å². The summed E-state index contributed by atoms with van der Waals surface area (Å²) in [7, 11) is -3.66. The zero-order chi connectivity index (χ0) is 15.0. The molecule has 0 saturated heterocycles. The number of hydrogen-bond donors (Lipinski definition) is 2. The number of nitrogens with one attached hydrogen (secondary N) is 1. The number of nitrogen functional groups attached to an aromatic ring is 1. The van der Waals surface area contributed by atoms with E-state index in [4.69, 9.17) is 5.73 Å². The van der Waals surface area contributed by atoms with Crippen LogP contribution in [0.15, 0.2) is 47.4 Å². The standard InChI is InChI=1S/C14H13N3O2S2/c1-9-8-10(6-7-11(9)15)21(18,19)17-14-16-12-4-2-3-5-13(12)20-14/h2-8H,15H2,1H3,(H,16,17). The fraction of sp³-hybridized carbons (Fsp3) is 0.0714. The zero-order valence-electron chi connectivity index (χ0n) is 11.2. The van der Waals surface area contributed by atoms with Crippen molar-refractivity contribution in [1.29, 1.82) is 0 Å². The van der Waals surface area contributed by atoms with Crippen molar-refractivity contribution < 1.29 is 8.42 Å². The molecule has 21 heavy (non-hydrogen) atoms. The normalized spacial score (nSPS) is 11.7. The molecule has 0 radical (unpaired) electrons. The van der Waals surface area contributed by atoms with Gasteiger partial charge in [0.15, 0.2) is 5.13 Å². The zero-order valence-corrected chi connectivity index (χ0v) is 12.8. The maximum atomic E-state index is 12.4. The molecule has 3 aromatic rings. The summed E-state index contributed by atoms with van der Waals surface area (Å²) in [6.45, 7) is 1.77. The molecule has 0 aliphatic rings. The van der Waals surface area contributed by atoms with Gasteiger partial charge in [-0.1, -0.05) is 23.5 Å². The molecule has 0 aliphatic carbocycles. The van der Waals surface area contributed by atoms with Crippen molar-refractivity contribution in [2.75, 3.05) is 10.5 Å². The fourth-order valence-electron chi connectivity index (χ4n) is 1.91. The highest BCUT2D eigenvalue weighted by Gasteiger charge is 2.17. The second kappa shape index (κ2) is 5.01. The molecule has 3 rings (SSSR count). The lowest BCUT2D eigenvalue weighted by Gasteiger charge is -2.07. The van der Waals surface area contributed by atoms with E-state index >= 15 is 0 Å². The molecular formula is C14H13N3O2S2. The van der Waals surface area contributed by atoms with E-state index < -0.39 is 10.0 Å². The summed E-state index contributed by atoms with van der Waals surface area (Å²) < 4.78 is 28.2. The number of thiazole rings is 1. The predicted molar refractivity (Wildman–Crippen MR) is 86.0 cm³/mol. The van der Waals surface area contributed by atoms with Crippen LogP contribution in [-0.4, -0.2) is 13.4 Å². The molecule has 108 valence electrons. The van der Waals surface area contributed by atoms with E-state index in [0.29, 0.717) is 10.8 Å². The summed E-state index contributed by atoms with van der Waals surface area (Å²) in [5.41, 5.74) is 7.77. The van der Waals surface area contributed by atoms with Crippen molar-refractivity contribution in [3.8, 4) is 0 Å². The van der Waals surface area contributed by atoms with Gasteiger partial charge in [0.25, 0.3) is 10.0 Å². The van der Waals surface area contributed by atoms with Crippen LogP contribution in [0.4, 0.5) is 10.8 Å². The lowest BCUT2D eigenvalue weighted by atomic mass is 10.2. The molecule has 3 N–H and O–H groups in total. The number of aryl methyl sites for hydroxylation is 1. The monoisotopic (exact) mass is 319 g/mol. The number of rotatable bonds is 3. The number of hydrogen-bond acceptors (Lipinski definition) is 5. The molecule has 0 unspecified atom stereocenters. The number of benzene rings is 2. The highest BCUT2D eigenvalue weighted by atomic mass is 32.2. The maximum absolute atomic E-state index is 12.4. The average Bonchev–Trinajstić information content (AvgIpc) is 2.82. The van der Waals surface area contributed by atoms with Crippen LogP contribution in [-0.2, 0) is 10.0 Å². The highest BCUT2D eigenvalue weighted by molar-refractivity contribution is 7.93. The predicted octanol–water partition coefficient (Wildman–Crippen LogP) is 2.99. The summed E-state index contributed by atoms with van der Waals surface area (Å²) in [5, 5.41) is 0.352. The van der Waals surface area contributed by atoms with E-state index in [2.05, 4.69) is 9.71 Å². The van der Waals surface area contributed by atoms with E-state index in [1.807, 2.05) is 24.3 Å². The number of para-hydroxylation sites is 1. The minimum atomic E-state index is -3.66. The quantitative estimate of drug-likeness (QED) is 0.727. The molecule has 0 amide bonds. The van der Waals surface area contributed by atoms with Crippen molar-refractivity contribution in [2.45, 2.75) is 11.8 Å². The molecule has 0 saturated carbocycles. The number of nitrogens with zero attached hydrogens (tertiary/aromatic N) is 1. The van der Waals surface area contributed by atoms with Gasteiger partial charge in [-0.15, -0.1) is 0 Å². The molecule has 0 atom stereocenters. The first kappa shape index (κ1) is 13.8. The second-order valence-corrected chi connectivity index (χ2v) is 7.32. The molecule has 1 aromatic heterocycles. The Labute approximate surface area is 126 Å². The van der Waals surface area contributed by atoms with E-state index in [-0.39, 0.29) is 4.90 Å². The Morgan fingerprint density at radius 2 is 1.95 bits per heavy atom. The van der Waals surface area contributed by atoms with Crippen molar-refractivity contribution in [2.24, 2.45) is 0 Å². The number of aromatic nitrogens is 1. The Balaban J connectivity index is 1.96. The molecule has 7 heteroatoms. The summed E-state index contributed by atoms with van der Waals surface area (Å²) in [4.78, 5) is 4.44. The summed E-state index contributed by atoms with van der Waals surface area (Å²) in [6.07, 6.45) is 0. The van der Waals surface area contributed by atoms with Crippen LogP contribution in [0.25, 0.3) is 10.2 Å². The second-order valence-electron chi connectivity index (χ2n) is 4.61. The molecule has 1 heterocycles. The van der Waals surface area contributed by atoms with Crippen LogP contribution < -0.4 is 10.5 Å². The van der Waals surface area contributed by atoms with Gasteiger partial charge in [-0.05, 0) is 42.8 Å². The molecule has 0 fully saturated rings. The van der Waals surface area contributed by atoms with Crippen molar-refractivity contribution in [3.63, 3.8) is 0 Å². The third-order valence-corrected chi connectivity index (χ3v) is 5.48. The van der Waals surface area contributed by atoms with Crippen LogP contribution in [0.3, 0.4) is 0 Å². The third-order valence-electron chi connectivity index (χ3n) is 3.07. The third kappa shape index (κ3) is 2.70. The van der Waals surface area contributed by atoms with Gasteiger partial charge in [0.05, 0.1) is 15.1 Å². The van der Waals surface area contributed by atoms with Gasteiger partial charge in [0.2, 0.25) is 0 Å². The van der Waals surface area contributed by atoms with Gasteiger partial charge < -0.3 is 5.73 Å². The number of fused-ring (bicyclic) bond motifs is 1. The first-order chi connectivity index (χ1) is 9.95. The summed E-state index contributed by atoms with van der Waals surface area (Å²) >= 11 is 1.30. The van der Waals surface area contributed by atoms with Gasteiger partial charge in [-0.3, -0.25) is 4.72 Å². The minimum absolute atomic E-state index is 0.174. The molecule has 2 aromatic carbocycles. The molecule has 0 aliphatic heterocycles. The first-order valence-corrected chi connectivity index (χ1v) is 8.50. The molecule has 0 spiro atoms. The van der Waals surface area contributed by atoms with Gasteiger partial charge in [0.1, 0.15) is 0 Å². The van der Waals surface area contributed by atoms with Crippen LogP contribution in [0, 0.1) is 6.92 Å². The van der Waals surface area contributed by atoms with Crippen LogP contribution >= 0.6 is 11.3 Å². The molecule has 0 bridgehead atoms. The lowest BCUT2D eigenvalue weighted by Crippen LogP contribution is -2.13. The van der Waals surface area contributed by atoms with Crippen molar-refractivity contribution in [3.05, 3.63) is 48.0 Å². The minimum Gasteiger partial charge on any atom is -0.399 e. The van der Waals surface area contributed by atoms with Gasteiger partial charge in [-0.2, -0.15) is 0 Å². The Bertz CT molecular complexity index is 884. The maximum Gasteiger partial charge on any atom is 0.263 e. The fourth-order valence-corrected chi connectivity index (χ4v) is 4.09. The number of anilines is 2. The van der Waals surface area contributed by atoms with E-state index in [9.17, 15) is 8.42 Å². The Morgan fingerprint density at radius 1 is 1.19 bits per heavy atom. The summed E-state index contributed by atoms with van der Waals surface area (Å²) in [5.74, 6) is 0. The number of nitrogens with two attached hydrogens (primary N) is 1. The summed E-state index contributed by atoms with van der Waals surface area (Å²) in [6, 6.07) is 12.1. The van der Waals surface area contributed by atoms with Crippen LogP contribution in [0.2, 0.25) is 0 Å². The first-order valence-electron chi connectivity index (χ1n) is 6.20. The average molecular weight is 319 g/mol. The van der Waals surface area contributed by atoms with Crippen LogP contribution in [0.5, 0.6) is 0 Å². The topological polar surface area (TPSA) is 85.1 Å². The number of sulfonamides is 1. The molecular weight excluding hydrogens is 306 g/mol. The molecule has 5 nitrogen and oxygen atoms in total. The smallest absolute Gasteiger partial charge is 0.263 e. The van der Waals surface area contributed by atoms with E-state index in [1.165, 1.54) is 17.4 Å². The highest BCUT2D eigenvalue weighted by Crippen LogP contribution is 2.27. The van der Waals surface area contributed by atoms with E-state index in [1.54, 1.807) is 19.1 Å². The van der Waals surface area contributed by atoms with Gasteiger partial charge in [0, 0.05) is 5.69 Å².